The molecule has 1 heterocycles. The first kappa shape index (κ1) is 14.5. The van der Waals surface area contributed by atoms with Gasteiger partial charge in [-0.05, 0) is 17.5 Å². The van der Waals surface area contributed by atoms with Crippen molar-refractivity contribution in [2.45, 2.75) is 32.4 Å². The Bertz CT molecular complexity index is 484. The molecule has 0 aromatic heterocycles. The van der Waals surface area contributed by atoms with Gasteiger partial charge in [0.05, 0.1) is 12.5 Å². The van der Waals surface area contributed by atoms with E-state index in [1.807, 2.05) is 31.2 Å². The lowest BCUT2D eigenvalue weighted by Crippen LogP contribution is -2.54. The van der Waals surface area contributed by atoms with Gasteiger partial charge in [-0.15, -0.1) is 0 Å². The van der Waals surface area contributed by atoms with E-state index in [0.717, 1.165) is 30.6 Å². The maximum atomic E-state index is 11.8. The van der Waals surface area contributed by atoms with Crippen molar-refractivity contribution >= 4 is 11.9 Å². The van der Waals surface area contributed by atoms with Crippen molar-refractivity contribution in [3.05, 3.63) is 35.4 Å². The molecule has 0 bridgehead atoms. The number of nitrogens with zero attached hydrogens (tertiary/aromatic N) is 1. The van der Waals surface area contributed by atoms with E-state index < -0.39 is 5.97 Å². The molecular formula is C15H20N2O3. The third kappa shape index (κ3) is 3.57. The number of rotatable bonds is 5. The molecule has 0 saturated carbocycles. The zero-order chi connectivity index (χ0) is 14.5. The second kappa shape index (κ2) is 6.52. The van der Waals surface area contributed by atoms with Gasteiger partial charge in [0.15, 0.2) is 0 Å². The standard InChI is InChI=1S/C15H20N2O3/c1-2-13-15(20)16-7-8-17(13)10-12-5-3-11(4-6-12)9-14(18)19/h3-6,13H,2,7-10H2,1H3,(H,16,20)(H,18,19). The van der Waals surface area contributed by atoms with Gasteiger partial charge in [0.2, 0.25) is 5.91 Å². The predicted molar refractivity (Wildman–Crippen MR) is 75.3 cm³/mol. The largest absolute Gasteiger partial charge is 0.481 e. The summed E-state index contributed by atoms with van der Waals surface area (Å²) >= 11 is 0. The lowest BCUT2D eigenvalue weighted by Gasteiger charge is -2.34. The molecule has 5 nitrogen and oxygen atoms in total. The Hall–Kier alpha value is -1.88. The summed E-state index contributed by atoms with van der Waals surface area (Å²) in [6, 6.07) is 7.50. The van der Waals surface area contributed by atoms with Gasteiger partial charge < -0.3 is 10.4 Å². The molecule has 1 amide bonds. The van der Waals surface area contributed by atoms with Gasteiger partial charge in [-0.25, -0.2) is 0 Å². The number of hydrogen-bond donors (Lipinski definition) is 2. The molecule has 108 valence electrons. The van der Waals surface area contributed by atoms with Gasteiger partial charge in [-0.2, -0.15) is 0 Å². The van der Waals surface area contributed by atoms with Crippen molar-refractivity contribution in [3.8, 4) is 0 Å². The Kier molecular flexibility index (Phi) is 4.74. The van der Waals surface area contributed by atoms with E-state index in [9.17, 15) is 9.59 Å². The van der Waals surface area contributed by atoms with Gasteiger partial charge in [0.25, 0.3) is 0 Å². The average Bonchev–Trinajstić information content (AvgIpc) is 2.41. The molecule has 1 aromatic rings. The molecule has 0 radical (unpaired) electrons. The highest BCUT2D eigenvalue weighted by Crippen LogP contribution is 2.14. The molecule has 2 N–H and O–H groups in total. The van der Waals surface area contributed by atoms with Crippen LogP contribution >= 0.6 is 0 Å². The van der Waals surface area contributed by atoms with Crippen LogP contribution in [0.25, 0.3) is 0 Å². The maximum absolute atomic E-state index is 11.8. The number of aliphatic carboxylic acids is 1. The minimum absolute atomic E-state index is 0.0456. The van der Waals surface area contributed by atoms with E-state index in [1.165, 1.54) is 0 Å². The first-order chi connectivity index (χ1) is 9.60. The predicted octanol–water partition coefficient (Wildman–Crippen LogP) is 1.02. The fourth-order valence-electron chi connectivity index (χ4n) is 2.57. The fourth-order valence-corrected chi connectivity index (χ4v) is 2.57. The van der Waals surface area contributed by atoms with Gasteiger partial charge in [-0.1, -0.05) is 31.2 Å². The summed E-state index contributed by atoms with van der Waals surface area (Å²) in [5, 5.41) is 11.6. The molecule has 1 aliphatic heterocycles. The van der Waals surface area contributed by atoms with E-state index in [4.69, 9.17) is 5.11 Å². The number of benzene rings is 1. The molecular weight excluding hydrogens is 256 g/mol. The lowest BCUT2D eigenvalue weighted by atomic mass is 10.1. The fraction of sp³-hybridized carbons (Fsp3) is 0.467. The second-order valence-corrected chi connectivity index (χ2v) is 5.07. The summed E-state index contributed by atoms with van der Waals surface area (Å²) in [6.07, 6.45) is 0.840. The van der Waals surface area contributed by atoms with Gasteiger partial charge in [0, 0.05) is 19.6 Å². The van der Waals surface area contributed by atoms with Gasteiger partial charge in [0.1, 0.15) is 0 Å². The Balaban J connectivity index is 2.01. The van der Waals surface area contributed by atoms with Gasteiger partial charge >= 0.3 is 5.97 Å². The third-order valence-corrected chi connectivity index (χ3v) is 3.59. The van der Waals surface area contributed by atoms with E-state index in [2.05, 4.69) is 10.2 Å². The van der Waals surface area contributed by atoms with Crippen molar-refractivity contribution in [3.63, 3.8) is 0 Å². The molecule has 0 aliphatic carbocycles. The van der Waals surface area contributed by atoms with Crippen molar-refractivity contribution in [2.24, 2.45) is 0 Å². The minimum Gasteiger partial charge on any atom is -0.481 e. The Labute approximate surface area is 118 Å². The van der Waals surface area contributed by atoms with Crippen molar-refractivity contribution in [1.82, 2.24) is 10.2 Å². The van der Waals surface area contributed by atoms with Crippen molar-refractivity contribution < 1.29 is 14.7 Å². The number of hydrogen-bond acceptors (Lipinski definition) is 3. The van der Waals surface area contributed by atoms with Crippen LogP contribution in [0.2, 0.25) is 0 Å². The number of carboxylic acids is 1. The van der Waals surface area contributed by atoms with Crippen LogP contribution in [-0.2, 0) is 22.6 Å². The number of nitrogens with one attached hydrogen (secondary N) is 1. The third-order valence-electron chi connectivity index (χ3n) is 3.59. The zero-order valence-corrected chi connectivity index (χ0v) is 11.6. The summed E-state index contributed by atoms with van der Waals surface area (Å²) in [4.78, 5) is 24.6. The molecule has 1 fully saturated rings. The van der Waals surface area contributed by atoms with E-state index in [1.54, 1.807) is 0 Å². The summed E-state index contributed by atoms with van der Waals surface area (Å²) in [7, 11) is 0. The molecule has 1 aliphatic rings. The van der Waals surface area contributed by atoms with Crippen molar-refractivity contribution in [1.29, 1.82) is 0 Å². The molecule has 1 saturated heterocycles. The number of carboxylic acid groups (broad SMARTS) is 1. The SMILES string of the molecule is CCC1C(=O)NCCN1Cc1ccc(CC(=O)O)cc1. The number of carbonyl (C=O) groups excluding carboxylic acids is 1. The Morgan fingerprint density at radius 1 is 1.35 bits per heavy atom. The Morgan fingerprint density at radius 2 is 2.00 bits per heavy atom. The number of amides is 1. The Morgan fingerprint density at radius 3 is 2.60 bits per heavy atom. The zero-order valence-electron chi connectivity index (χ0n) is 11.6. The van der Waals surface area contributed by atoms with Crippen LogP contribution in [-0.4, -0.2) is 41.0 Å². The topological polar surface area (TPSA) is 69.6 Å². The molecule has 1 atom stereocenters. The van der Waals surface area contributed by atoms with Crippen LogP contribution in [0.15, 0.2) is 24.3 Å². The normalized spacial score (nSPS) is 19.6. The summed E-state index contributed by atoms with van der Waals surface area (Å²) in [6.45, 7) is 4.27. The highest BCUT2D eigenvalue weighted by molar-refractivity contribution is 5.82. The van der Waals surface area contributed by atoms with Crippen LogP contribution < -0.4 is 5.32 Å². The maximum Gasteiger partial charge on any atom is 0.307 e. The number of carbonyl (C=O) groups is 2. The summed E-state index contributed by atoms with van der Waals surface area (Å²) in [5.41, 5.74) is 1.90. The molecule has 1 aromatic carbocycles. The summed E-state index contributed by atoms with van der Waals surface area (Å²) < 4.78 is 0. The second-order valence-electron chi connectivity index (χ2n) is 5.07. The molecule has 0 spiro atoms. The number of piperazine rings is 1. The van der Waals surface area contributed by atoms with E-state index in [-0.39, 0.29) is 18.4 Å². The van der Waals surface area contributed by atoms with Crippen LogP contribution in [0, 0.1) is 0 Å². The first-order valence-electron chi connectivity index (χ1n) is 6.91. The first-order valence-corrected chi connectivity index (χ1v) is 6.91. The quantitative estimate of drug-likeness (QED) is 0.842. The molecule has 20 heavy (non-hydrogen) atoms. The van der Waals surface area contributed by atoms with Crippen LogP contribution in [0.5, 0.6) is 0 Å². The summed E-state index contributed by atoms with van der Waals surface area (Å²) in [5.74, 6) is -0.724. The monoisotopic (exact) mass is 276 g/mol. The molecule has 5 heteroatoms. The smallest absolute Gasteiger partial charge is 0.307 e. The van der Waals surface area contributed by atoms with E-state index in [0.29, 0.717) is 6.54 Å². The molecule has 2 rings (SSSR count). The van der Waals surface area contributed by atoms with Gasteiger partial charge in [-0.3, -0.25) is 14.5 Å². The molecule has 1 unspecified atom stereocenters. The lowest BCUT2D eigenvalue weighted by molar-refractivity contribution is -0.136. The van der Waals surface area contributed by atoms with Crippen LogP contribution in [0.1, 0.15) is 24.5 Å². The van der Waals surface area contributed by atoms with Crippen molar-refractivity contribution in [2.75, 3.05) is 13.1 Å². The highest BCUT2D eigenvalue weighted by Gasteiger charge is 2.27. The van der Waals surface area contributed by atoms with Crippen LogP contribution in [0.3, 0.4) is 0 Å². The average molecular weight is 276 g/mol. The van der Waals surface area contributed by atoms with Crippen LogP contribution in [0.4, 0.5) is 0 Å². The minimum atomic E-state index is -0.823. The highest BCUT2D eigenvalue weighted by atomic mass is 16.4. The van der Waals surface area contributed by atoms with E-state index >= 15 is 0 Å².